The van der Waals surface area contributed by atoms with Crippen LogP contribution in [0.25, 0.3) is 0 Å². The summed E-state index contributed by atoms with van der Waals surface area (Å²) >= 11 is 0. The zero-order valence-electron chi connectivity index (χ0n) is 11.5. The summed E-state index contributed by atoms with van der Waals surface area (Å²) in [4.78, 5) is 0. The second-order valence-electron chi connectivity index (χ2n) is 5.63. The number of β-amino-alcohol motifs (C(OH)–C–C–N with tert-alkyl or cyclic N) is 1. The van der Waals surface area contributed by atoms with Gasteiger partial charge in [-0.15, -0.1) is 0 Å². The van der Waals surface area contributed by atoms with Crippen LogP contribution in [0.1, 0.15) is 46.1 Å². The van der Waals surface area contributed by atoms with Crippen LogP contribution in [0.3, 0.4) is 0 Å². The van der Waals surface area contributed by atoms with Gasteiger partial charge in [0.25, 0.3) is 0 Å². The SMILES string of the molecule is CCCC(C)(C)NCC(C)(O)c1ccccc1. The van der Waals surface area contributed by atoms with Crippen molar-refractivity contribution in [2.45, 2.75) is 51.7 Å². The first-order valence-corrected chi connectivity index (χ1v) is 6.40. The first kappa shape index (κ1) is 14.2. The van der Waals surface area contributed by atoms with Crippen molar-refractivity contribution in [3.63, 3.8) is 0 Å². The molecule has 0 aliphatic heterocycles. The van der Waals surface area contributed by atoms with Crippen molar-refractivity contribution in [3.05, 3.63) is 35.9 Å². The Bertz CT molecular complexity index is 330. The van der Waals surface area contributed by atoms with Gasteiger partial charge in [0, 0.05) is 12.1 Å². The second kappa shape index (κ2) is 5.65. The Balaban J connectivity index is 2.62. The largest absolute Gasteiger partial charge is 0.384 e. The Morgan fingerprint density at radius 1 is 1.12 bits per heavy atom. The number of nitrogens with one attached hydrogen (secondary N) is 1. The van der Waals surface area contributed by atoms with Crippen LogP contribution < -0.4 is 5.32 Å². The number of aliphatic hydroxyl groups is 1. The summed E-state index contributed by atoms with van der Waals surface area (Å²) in [5.41, 5.74) is 0.222. The minimum atomic E-state index is -0.813. The van der Waals surface area contributed by atoms with Crippen LogP contribution >= 0.6 is 0 Å². The van der Waals surface area contributed by atoms with E-state index in [0.717, 1.165) is 18.4 Å². The number of benzene rings is 1. The van der Waals surface area contributed by atoms with Crippen LogP contribution in [0.5, 0.6) is 0 Å². The summed E-state index contributed by atoms with van der Waals surface area (Å²) in [6.45, 7) is 8.97. The van der Waals surface area contributed by atoms with Crippen LogP contribution in [0, 0.1) is 0 Å². The molecule has 1 atom stereocenters. The second-order valence-corrected chi connectivity index (χ2v) is 5.63. The highest BCUT2D eigenvalue weighted by molar-refractivity contribution is 5.21. The topological polar surface area (TPSA) is 32.3 Å². The van der Waals surface area contributed by atoms with E-state index in [2.05, 4.69) is 26.1 Å². The van der Waals surface area contributed by atoms with Crippen molar-refractivity contribution in [3.8, 4) is 0 Å². The molecule has 1 rings (SSSR count). The van der Waals surface area contributed by atoms with Gasteiger partial charge in [0.2, 0.25) is 0 Å². The van der Waals surface area contributed by atoms with E-state index in [1.807, 2.05) is 37.3 Å². The molecule has 0 saturated carbocycles. The normalized spacial score (nSPS) is 15.6. The molecule has 0 heterocycles. The Morgan fingerprint density at radius 3 is 2.24 bits per heavy atom. The van der Waals surface area contributed by atoms with E-state index in [1.54, 1.807) is 0 Å². The molecule has 0 aliphatic rings. The fraction of sp³-hybridized carbons (Fsp3) is 0.600. The van der Waals surface area contributed by atoms with E-state index in [-0.39, 0.29) is 5.54 Å². The molecule has 2 N–H and O–H groups in total. The fourth-order valence-corrected chi connectivity index (χ4v) is 2.02. The minimum Gasteiger partial charge on any atom is -0.384 e. The molecular weight excluding hydrogens is 210 g/mol. The average molecular weight is 235 g/mol. The number of hydrogen-bond acceptors (Lipinski definition) is 2. The van der Waals surface area contributed by atoms with Gasteiger partial charge in [0.1, 0.15) is 0 Å². The predicted octanol–water partition coefficient (Wildman–Crippen LogP) is 3.06. The summed E-state index contributed by atoms with van der Waals surface area (Å²) in [7, 11) is 0. The van der Waals surface area contributed by atoms with E-state index in [1.165, 1.54) is 0 Å². The summed E-state index contributed by atoms with van der Waals surface area (Å²) in [5, 5.41) is 13.9. The lowest BCUT2D eigenvalue weighted by Crippen LogP contribution is -2.46. The van der Waals surface area contributed by atoms with Gasteiger partial charge in [-0.2, -0.15) is 0 Å². The molecule has 0 saturated heterocycles. The molecule has 17 heavy (non-hydrogen) atoms. The quantitative estimate of drug-likeness (QED) is 0.794. The zero-order chi connectivity index (χ0) is 12.9. The highest BCUT2D eigenvalue weighted by atomic mass is 16.3. The molecule has 0 radical (unpaired) electrons. The summed E-state index contributed by atoms with van der Waals surface area (Å²) in [6.07, 6.45) is 2.26. The van der Waals surface area contributed by atoms with E-state index in [9.17, 15) is 5.11 Å². The Kier molecular flexibility index (Phi) is 4.72. The summed E-state index contributed by atoms with van der Waals surface area (Å²) in [5.74, 6) is 0. The van der Waals surface area contributed by atoms with Gasteiger partial charge in [-0.05, 0) is 32.8 Å². The van der Waals surface area contributed by atoms with Crippen LogP contribution in [-0.4, -0.2) is 17.2 Å². The highest BCUT2D eigenvalue weighted by Gasteiger charge is 2.26. The van der Waals surface area contributed by atoms with Crippen LogP contribution in [0.2, 0.25) is 0 Å². The van der Waals surface area contributed by atoms with Crippen molar-refractivity contribution in [1.82, 2.24) is 5.32 Å². The molecular formula is C15H25NO. The van der Waals surface area contributed by atoms with Crippen molar-refractivity contribution in [1.29, 1.82) is 0 Å². The minimum absolute atomic E-state index is 0.0769. The van der Waals surface area contributed by atoms with Gasteiger partial charge in [0.15, 0.2) is 0 Å². The molecule has 0 aliphatic carbocycles. The Hall–Kier alpha value is -0.860. The van der Waals surface area contributed by atoms with Crippen molar-refractivity contribution < 1.29 is 5.11 Å². The number of rotatable bonds is 6. The van der Waals surface area contributed by atoms with Crippen LogP contribution in [0.4, 0.5) is 0 Å². The molecule has 0 fully saturated rings. The van der Waals surface area contributed by atoms with Crippen molar-refractivity contribution in [2.24, 2.45) is 0 Å². The van der Waals surface area contributed by atoms with Crippen molar-refractivity contribution >= 4 is 0 Å². The maximum Gasteiger partial charge on any atom is 0.0992 e. The lowest BCUT2D eigenvalue weighted by Gasteiger charge is -2.32. The maximum atomic E-state index is 10.5. The van der Waals surface area contributed by atoms with Gasteiger partial charge < -0.3 is 10.4 Å². The predicted molar refractivity (Wildman–Crippen MR) is 73.0 cm³/mol. The monoisotopic (exact) mass is 235 g/mol. The third kappa shape index (κ3) is 4.49. The van der Waals surface area contributed by atoms with Crippen LogP contribution in [-0.2, 0) is 5.60 Å². The molecule has 1 aromatic carbocycles. The first-order valence-electron chi connectivity index (χ1n) is 6.40. The molecule has 2 nitrogen and oxygen atoms in total. The van der Waals surface area contributed by atoms with Gasteiger partial charge in [0.05, 0.1) is 5.60 Å². The van der Waals surface area contributed by atoms with Gasteiger partial charge >= 0.3 is 0 Å². The molecule has 2 heteroatoms. The fourth-order valence-electron chi connectivity index (χ4n) is 2.02. The van der Waals surface area contributed by atoms with Gasteiger partial charge in [-0.3, -0.25) is 0 Å². The van der Waals surface area contributed by atoms with Crippen molar-refractivity contribution in [2.75, 3.05) is 6.54 Å². The molecule has 0 bridgehead atoms. The molecule has 1 aromatic rings. The van der Waals surface area contributed by atoms with Gasteiger partial charge in [-0.1, -0.05) is 43.7 Å². The lowest BCUT2D eigenvalue weighted by atomic mass is 9.93. The highest BCUT2D eigenvalue weighted by Crippen LogP contribution is 2.21. The summed E-state index contributed by atoms with van der Waals surface area (Å²) in [6, 6.07) is 9.82. The molecule has 1 unspecified atom stereocenters. The number of hydrogen-bond donors (Lipinski definition) is 2. The van der Waals surface area contributed by atoms with Gasteiger partial charge in [-0.25, -0.2) is 0 Å². The van der Waals surface area contributed by atoms with E-state index < -0.39 is 5.60 Å². The zero-order valence-corrected chi connectivity index (χ0v) is 11.5. The first-order chi connectivity index (χ1) is 7.87. The van der Waals surface area contributed by atoms with E-state index in [4.69, 9.17) is 0 Å². The lowest BCUT2D eigenvalue weighted by molar-refractivity contribution is 0.0483. The standard InChI is InChI=1S/C15H25NO/c1-5-11-14(2,3)16-12-15(4,17)13-9-7-6-8-10-13/h6-10,16-17H,5,11-12H2,1-4H3. The third-order valence-electron chi connectivity index (χ3n) is 3.18. The molecule has 0 spiro atoms. The summed E-state index contributed by atoms with van der Waals surface area (Å²) < 4.78 is 0. The third-order valence-corrected chi connectivity index (χ3v) is 3.18. The van der Waals surface area contributed by atoms with Crippen LogP contribution in [0.15, 0.2) is 30.3 Å². The van der Waals surface area contributed by atoms with E-state index >= 15 is 0 Å². The maximum absolute atomic E-state index is 10.5. The smallest absolute Gasteiger partial charge is 0.0992 e. The molecule has 0 amide bonds. The molecule has 0 aromatic heterocycles. The Labute approximate surface area is 105 Å². The average Bonchev–Trinajstić information content (AvgIpc) is 2.28. The Morgan fingerprint density at radius 2 is 1.71 bits per heavy atom. The molecule has 96 valence electrons. The van der Waals surface area contributed by atoms with E-state index in [0.29, 0.717) is 6.54 Å².